The highest BCUT2D eigenvalue weighted by molar-refractivity contribution is 6.02. The lowest BCUT2D eigenvalue weighted by atomic mass is 10.1. The second kappa shape index (κ2) is 3.84. The van der Waals surface area contributed by atoms with Crippen LogP contribution in [-0.4, -0.2) is 30.1 Å². The number of fused-ring (bicyclic) bond motifs is 1. The number of aryl methyl sites for hydroxylation is 1. The molecule has 1 heterocycles. The average Bonchev–Trinajstić information content (AvgIpc) is 2.18. The predicted molar refractivity (Wildman–Crippen MR) is 59.7 cm³/mol. The number of benzene rings is 1. The minimum Gasteiger partial charge on any atom is -0.480 e. The molecule has 1 amide bonds. The number of nitrogens with one attached hydrogen (secondary N) is 1. The first-order valence-corrected chi connectivity index (χ1v) is 4.93. The average molecular weight is 220 g/mol. The zero-order chi connectivity index (χ0) is 11.7. The van der Waals surface area contributed by atoms with Crippen molar-refractivity contribution < 1.29 is 14.7 Å². The van der Waals surface area contributed by atoms with E-state index in [0.29, 0.717) is 5.69 Å². The van der Waals surface area contributed by atoms with Gasteiger partial charge in [0.2, 0.25) is 5.91 Å². The van der Waals surface area contributed by atoms with E-state index in [9.17, 15) is 9.59 Å². The molecule has 0 atom stereocenters. The van der Waals surface area contributed by atoms with Crippen molar-refractivity contribution in [3.63, 3.8) is 0 Å². The number of anilines is 2. The lowest BCUT2D eigenvalue weighted by Gasteiger charge is -2.29. The summed E-state index contributed by atoms with van der Waals surface area (Å²) in [5, 5.41) is 11.5. The monoisotopic (exact) mass is 220 g/mol. The Kier molecular flexibility index (Phi) is 2.52. The molecular weight excluding hydrogens is 208 g/mol. The van der Waals surface area contributed by atoms with Gasteiger partial charge in [-0.25, -0.2) is 0 Å². The van der Waals surface area contributed by atoms with Crippen molar-refractivity contribution in [3.05, 3.63) is 23.8 Å². The molecule has 5 heteroatoms. The van der Waals surface area contributed by atoms with Crippen molar-refractivity contribution in [2.24, 2.45) is 0 Å². The van der Waals surface area contributed by atoms with E-state index < -0.39 is 5.97 Å². The Balaban J connectivity index is 2.39. The van der Waals surface area contributed by atoms with Crippen molar-refractivity contribution in [2.45, 2.75) is 6.92 Å². The molecule has 16 heavy (non-hydrogen) atoms. The second-order valence-corrected chi connectivity index (χ2v) is 3.82. The molecule has 2 rings (SSSR count). The van der Waals surface area contributed by atoms with Gasteiger partial charge in [0, 0.05) is 0 Å². The third kappa shape index (κ3) is 1.98. The highest BCUT2D eigenvalue weighted by atomic mass is 16.4. The molecule has 0 aliphatic carbocycles. The molecule has 5 nitrogen and oxygen atoms in total. The summed E-state index contributed by atoms with van der Waals surface area (Å²) in [6, 6.07) is 5.54. The summed E-state index contributed by atoms with van der Waals surface area (Å²) in [5.74, 6) is -1.13. The van der Waals surface area contributed by atoms with Gasteiger partial charge in [-0.3, -0.25) is 9.59 Å². The van der Waals surface area contributed by atoms with Gasteiger partial charge < -0.3 is 15.3 Å². The Morgan fingerprint density at radius 1 is 1.56 bits per heavy atom. The number of rotatable bonds is 2. The molecule has 0 saturated carbocycles. The molecule has 0 saturated heterocycles. The SMILES string of the molecule is Cc1ccc2c(c1)N(CC(=O)O)CC(=O)N2. The molecule has 0 unspecified atom stereocenters. The molecule has 1 aliphatic rings. The Hall–Kier alpha value is -2.04. The van der Waals surface area contributed by atoms with Crippen LogP contribution in [-0.2, 0) is 9.59 Å². The number of nitrogens with zero attached hydrogens (tertiary/aromatic N) is 1. The van der Waals surface area contributed by atoms with E-state index in [4.69, 9.17) is 5.11 Å². The molecular formula is C11H12N2O3. The highest BCUT2D eigenvalue weighted by Gasteiger charge is 2.23. The fourth-order valence-corrected chi connectivity index (χ4v) is 1.76. The number of amides is 1. The van der Waals surface area contributed by atoms with Crippen LogP contribution in [0.5, 0.6) is 0 Å². The van der Waals surface area contributed by atoms with Crippen LogP contribution < -0.4 is 10.2 Å². The normalized spacial score (nSPS) is 14.3. The summed E-state index contributed by atoms with van der Waals surface area (Å²) in [4.78, 5) is 23.6. The number of hydrogen-bond donors (Lipinski definition) is 2. The summed E-state index contributed by atoms with van der Waals surface area (Å²) < 4.78 is 0. The maximum atomic E-state index is 11.4. The third-order valence-electron chi connectivity index (χ3n) is 2.43. The van der Waals surface area contributed by atoms with Gasteiger partial charge in [-0.05, 0) is 24.6 Å². The van der Waals surface area contributed by atoms with Crippen LogP contribution in [0.15, 0.2) is 18.2 Å². The Morgan fingerprint density at radius 3 is 3.00 bits per heavy atom. The van der Waals surface area contributed by atoms with Crippen molar-refractivity contribution in [3.8, 4) is 0 Å². The summed E-state index contributed by atoms with van der Waals surface area (Å²) in [6.07, 6.45) is 0. The van der Waals surface area contributed by atoms with Gasteiger partial charge in [0.25, 0.3) is 0 Å². The van der Waals surface area contributed by atoms with E-state index in [-0.39, 0.29) is 19.0 Å². The molecule has 0 bridgehead atoms. The zero-order valence-corrected chi connectivity index (χ0v) is 8.86. The van der Waals surface area contributed by atoms with E-state index in [1.807, 2.05) is 19.1 Å². The molecule has 0 aromatic heterocycles. The van der Waals surface area contributed by atoms with E-state index in [1.54, 1.807) is 11.0 Å². The quantitative estimate of drug-likeness (QED) is 0.774. The molecule has 0 fully saturated rings. The molecule has 1 aromatic carbocycles. The summed E-state index contributed by atoms with van der Waals surface area (Å²) in [5.41, 5.74) is 2.47. The fraction of sp³-hybridized carbons (Fsp3) is 0.273. The third-order valence-corrected chi connectivity index (χ3v) is 2.43. The van der Waals surface area contributed by atoms with Gasteiger partial charge in [0.1, 0.15) is 6.54 Å². The van der Waals surface area contributed by atoms with Gasteiger partial charge in [-0.2, -0.15) is 0 Å². The van der Waals surface area contributed by atoms with E-state index in [2.05, 4.69) is 5.32 Å². The van der Waals surface area contributed by atoms with Crippen molar-refractivity contribution in [2.75, 3.05) is 23.3 Å². The van der Waals surface area contributed by atoms with Crippen LogP contribution in [0.25, 0.3) is 0 Å². The van der Waals surface area contributed by atoms with E-state index in [0.717, 1.165) is 11.3 Å². The van der Waals surface area contributed by atoms with E-state index >= 15 is 0 Å². The number of carboxylic acid groups (broad SMARTS) is 1. The Bertz CT molecular complexity index is 457. The number of carboxylic acids is 1. The fourth-order valence-electron chi connectivity index (χ4n) is 1.76. The molecule has 1 aromatic rings. The van der Waals surface area contributed by atoms with Crippen LogP contribution in [0.4, 0.5) is 11.4 Å². The summed E-state index contributed by atoms with van der Waals surface area (Å²) >= 11 is 0. The lowest BCUT2D eigenvalue weighted by Crippen LogP contribution is -2.41. The maximum absolute atomic E-state index is 11.4. The van der Waals surface area contributed by atoms with Gasteiger partial charge in [0.05, 0.1) is 17.9 Å². The van der Waals surface area contributed by atoms with Crippen LogP contribution in [0.2, 0.25) is 0 Å². The molecule has 84 valence electrons. The van der Waals surface area contributed by atoms with Gasteiger partial charge >= 0.3 is 5.97 Å². The lowest BCUT2D eigenvalue weighted by molar-refractivity contribution is -0.135. The van der Waals surface area contributed by atoms with Crippen LogP contribution in [0.1, 0.15) is 5.56 Å². The van der Waals surface area contributed by atoms with Gasteiger partial charge in [0.15, 0.2) is 0 Å². The number of aliphatic carboxylic acids is 1. The number of hydrogen-bond acceptors (Lipinski definition) is 3. The topological polar surface area (TPSA) is 69.6 Å². The Labute approximate surface area is 92.7 Å². The van der Waals surface area contributed by atoms with Crippen LogP contribution >= 0.6 is 0 Å². The zero-order valence-electron chi connectivity index (χ0n) is 8.86. The minimum atomic E-state index is -0.942. The van der Waals surface area contributed by atoms with Gasteiger partial charge in [-0.1, -0.05) is 6.07 Å². The summed E-state index contributed by atoms with van der Waals surface area (Å²) in [7, 11) is 0. The molecule has 0 spiro atoms. The first-order valence-electron chi connectivity index (χ1n) is 4.93. The predicted octanol–water partition coefficient (Wildman–Crippen LogP) is 0.838. The standard InChI is InChI=1S/C11H12N2O3/c1-7-2-3-8-9(4-7)13(6-11(15)16)5-10(14)12-8/h2-4H,5-6H2,1H3,(H,12,14)(H,15,16). The van der Waals surface area contributed by atoms with Crippen LogP contribution in [0, 0.1) is 6.92 Å². The van der Waals surface area contributed by atoms with Gasteiger partial charge in [-0.15, -0.1) is 0 Å². The highest BCUT2D eigenvalue weighted by Crippen LogP contribution is 2.29. The number of carbonyl (C=O) groups excluding carboxylic acids is 1. The largest absolute Gasteiger partial charge is 0.480 e. The first kappa shape index (κ1) is 10.5. The van der Waals surface area contributed by atoms with Crippen LogP contribution in [0.3, 0.4) is 0 Å². The number of carbonyl (C=O) groups is 2. The Morgan fingerprint density at radius 2 is 2.31 bits per heavy atom. The maximum Gasteiger partial charge on any atom is 0.323 e. The second-order valence-electron chi connectivity index (χ2n) is 3.82. The molecule has 0 radical (unpaired) electrons. The first-order chi connectivity index (χ1) is 7.56. The molecule has 1 aliphatic heterocycles. The van der Waals surface area contributed by atoms with Crippen molar-refractivity contribution in [1.29, 1.82) is 0 Å². The van der Waals surface area contributed by atoms with E-state index in [1.165, 1.54) is 0 Å². The summed E-state index contributed by atoms with van der Waals surface area (Å²) in [6.45, 7) is 1.85. The molecule has 2 N–H and O–H groups in total. The minimum absolute atomic E-state index is 0.0861. The van der Waals surface area contributed by atoms with Crippen molar-refractivity contribution >= 4 is 23.3 Å². The van der Waals surface area contributed by atoms with Crippen molar-refractivity contribution in [1.82, 2.24) is 0 Å². The smallest absolute Gasteiger partial charge is 0.323 e.